The highest BCUT2D eigenvalue weighted by atomic mass is 16.5. The van der Waals surface area contributed by atoms with Gasteiger partial charge in [0.2, 0.25) is 11.7 Å². The summed E-state index contributed by atoms with van der Waals surface area (Å²) in [7, 11) is 6.14. The molecule has 1 heterocycles. The third-order valence-electron chi connectivity index (χ3n) is 6.48. The second-order valence-electron chi connectivity index (χ2n) is 8.42. The van der Waals surface area contributed by atoms with Gasteiger partial charge in [0, 0.05) is 29.3 Å². The summed E-state index contributed by atoms with van der Waals surface area (Å²) in [6, 6.07) is 10.8. The third-order valence-corrected chi connectivity index (χ3v) is 6.48. The average molecular weight is 479 g/mol. The van der Waals surface area contributed by atoms with Gasteiger partial charge >= 0.3 is 0 Å². The number of allylic oxidation sites excluding steroid dienone is 2. The van der Waals surface area contributed by atoms with Crippen LogP contribution in [0, 0.1) is 5.92 Å². The van der Waals surface area contributed by atoms with Crippen LogP contribution in [0.25, 0.3) is 0 Å². The minimum Gasteiger partial charge on any atom is -0.495 e. The van der Waals surface area contributed by atoms with Crippen molar-refractivity contribution >= 4 is 17.4 Å². The van der Waals surface area contributed by atoms with Crippen LogP contribution < -0.4 is 29.6 Å². The van der Waals surface area contributed by atoms with Crippen LogP contribution in [0.3, 0.4) is 0 Å². The van der Waals surface area contributed by atoms with Crippen molar-refractivity contribution in [2.75, 3.05) is 33.8 Å². The molecule has 8 heteroatoms. The van der Waals surface area contributed by atoms with E-state index in [1.54, 1.807) is 31.4 Å². The Hall–Kier alpha value is -3.94. The van der Waals surface area contributed by atoms with Crippen molar-refractivity contribution < 1.29 is 28.5 Å². The number of amides is 1. The van der Waals surface area contributed by atoms with Crippen molar-refractivity contribution in [3.63, 3.8) is 0 Å². The van der Waals surface area contributed by atoms with Crippen molar-refractivity contribution in [1.82, 2.24) is 5.32 Å². The zero-order chi connectivity index (χ0) is 25.1. The molecular formula is C27H30N2O6. The summed E-state index contributed by atoms with van der Waals surface area (Å²) in [6.07, 6.45) is 1.88. The van der Waals surface area contributed by atoms with Crippen LogP contribution in [0.1, 0.15) is 30.7 Å². The Labute approximate surface area is 204 Å². The molecule has 0 radical (unpaired) electrons. The molecule has 2 N–H and O–H groups in total. The maximum Gasteiger partial charge on any atom is 0.234 e. The summed E-state index contributed by atoms with van der Waals surface area (Å²) < 4.78 is 22.0. The molecule has 0 saturated carbocycles. The Kier molecular flexibility index (Phi) is 7.00. The van der Waals surface area contributed by atoms with Crippen molar-refractivity contribution in [3.8, 4) is 23.0 Å². The summed E-state index contributed by atoms with van der Waals surface area (Å²) in [6.45, 7) is 4.18. The first-order chi connectivity index (χ1) is 16.9. The number of Topliss-reactive ketones (excluding diaryl/α,β-unsaturated/α-hetero) is 1. The summed E-state index contributed by atoms with van der Waals surface area (Å²) >= 11 is 0. The number of hydrogen-bond acceptors (Lipinski definition) is 7. The van der Waals surface area contributed by atoms with Gasteiger partial charge in [-0.2, -0.15) is 0 Å². The topological polar surface area (TPSA) is 95.1 Å². The lowest BCUT2D eigenvalue weighted by Crippen LogP contribution is -2.42. The lowest BCUT2D eigenvalue weighted by molar-refractivity contribution is -0.120. The Bertz CT molecular complexity index is 1180. The van der Waals surface area contributed by atoms with Crippen LogP contribution >= 0.6 is 0 Å². The van der Waals surface area contributed by atoms with Gasteiger partial charge < -0.3 is 29.6 Å². The quantitative estimate of drug-likeness (QED) is 0.616. The summed E-state index contributed by atoms with van der Waals surface area (Å²) in [5.74, 6) is 0.203. The molecule has 2 atom stereocenters. The van der Waals surface area contributed by atoms with Gasteiger partial charge in [-0.05, 0) is 42.7 Å². The number of methoxy groups -OCH3 is 4. The zero-order valence-electron chi connectivity index (χ0n) is 20.4. The zero-order valence-corrected chi connectivity index (χ0v) is 20.4. The maximum atomic E-state index is 13.8. The van der Waals surface area contributed by atoms with Gasteiger partial charge in [-0.3, -0.25) is 9.59 Å². The second-order valence-corrected chi connectivity index (χ2v) is 8.42. The van der Waals surface area contributed by atoms with E-state index in [4.69, 9.17) is 18.9 Å². The SMILES string of the molecule is C=C1NC2=C(C(=O)CCC2)C(c2cc(OC)c(OC)c(OC)c2)C1C(=O)Nc1ccccc1OC. The van der Waals surface area contributed by atoms with Gasteiger partial charge in [0.1, 0.15) is 5.75 Å². The molecule has 2 unspecified atom stereocenters. The van der Waals surface area contributed by atoms with Crippen LogP contribution in [0.4, 0.5) is 5.69 Å². The molecule has 2 aromatic rings. The second kappa shape index (κ2) is 10.1. The smallest absolute Gasteiger partial charge is 0.234 e. The molecule has 4 rings (SSSR count). The van der Waals surface area contributed by atoms with Crippen LogP contribution in [-0.2, 0) is 9.59 Å². The van der Waals surface area contributed by atoms with E-state index < -0.39 is 11.8 Å². The number of carbonyl (C=O) groups is 2. The molecule has 0 aromatic heterocycles. The Morgan fingerprint density at radius 2 is 1.63 bits per heavy atom. The molecule has 184 valence electrons. The first kappa shape index (κ1) is 24.2. The lowest BCUT2D eigenvalue weighted by Gasteiger charge is -2.39. The molecule has 1 aliphatic heterocycles. The maximum absolute atomic E-state index is 13.8. The average Bonchev–Trinajstić information content (AvgIpc) is 2.87. The molecule has 1 aliphatic carbocycles. The van der Waals surface area contributed by atoms with E-state index >= 15 is 0 Å². The van der Waals surface area contributed by atoms with Gasteiger partial charge in [0.05, 0.1) is 40.0 Å². The predicted molar refractivity (Wildman–Crippen MR) is 132 cm³/mol. The summed E-state index contributed by atoms with van der Waals surface area (Å²) in [5.41, 5.74) is 3.16. The summed E-state index contributed by atoms with van der Waals surface area (Å²) in [4.78, 5) is 27.0. The Balaban J connectivity index is 1.86. The molecule has 0 bridgehead atoms. The van der Waals surface area contributed by atoms with E-state index in [0.717, 1.165) is 12.1 Å². The molecule has 2 aliphatic rings. The van der Waals surface area contributed by atoms with Crippen molar-refractivity contribution in [2.45, 2.75) is 25.2 Å². The standard InChI is InChI=1S/C27H30N2O6/c1-15-23(27(31)29-17-9-6-7-12-20(17)32-2)24(25-18(28-15)10-8-11-19(25)30)16-13-21(33-3)26(35-5)22(14-16)34-4/h6-7,9,12-14,23-24,28H,1,8,10-11H2,2-5H3,(H,29,31). The number of ketones is 1. The minimum absolute atomic E-state index is 0.0140. The van der Waals surface area contributed by atoms with E-state index in [1.807, 2.05) is 12.1 Å². The minimum atomic E-state index is -0.775. The number of carbonyl (C=O) groups excluding carboxylic acids is 2. The van der Waals surface area contributed by atoms with Gasteiger partial charge in [0.15, 0.2) is 17.3 Å². The molecule has 0 saturated heterocycles. The van der Waals surface area contributed by atoms with Crippen LogP contribution in [0.5, 0.6) is 23.0 Å². The van der Waals surface area contributed by atoms with E-state index in [0.29, 0.717) is 58.4 Å². The monoisotopic (exact) mass is 478 g/mol. The number of rotatable bonds is 7. The van der Waals surface area contributed by atoms with Crippen molar-refractivity contribution in [1.29, 1.82) is 0 Å². The molecule has 1 amide bonds. The molecule has 0 fully saturated rings. The number of anilines is 1. The molecule has 0 spiro atoms. The number of benzene rings is 2. The Morgan fingerprint density at radius 1 is 0.971 bits per heavy atom. The number of hydrogen-bond donors (Lipinski definition) is 2. The van der Waals surface area contributed by atoms with Crippen LogP contribution in [0.2, 0.25) is 0 Å². The largest absolute Gasteiger partial charge is 0.495 e. The summed E-state index contributed by atoms with van der Waals surface area (Å²) in [5, 5.41) is 6.22. The van der Waals surface area contributed by atoms with Crippen LogP contribution in [0.15, 0.2) is 59.9 Å². The fourth-order valence-electron chi connectivity index (χ4n) is 4.90. The predicted octanol–water partition coefficient (Wildman–Crippen LogP) is 4.18. The van der Waals surface area contributed by atoms with Gasteiger partial charge in [0.25, 0.3) is 0 Å². The highest BCUT2D eigenvalue weighted by Gasteiger charge is 2.43. The van der Waals surface area contributed by atoms with E-state index in [9.17, 15) is 9.59 Å². The molecular weight excluding hydrogens is 448 g/mol. The molecule has 2 aromatic carbocycles. The number of para-hydroxylation sites is 2. The van der Waals surface area contributed by atoms with E-state index in [1.165, 1.54) is 21.3 Å². The van der Waals surface area contributed by atoms with Gasteiger partial charge in [-0.15, -0.1) is 0 Å². The van der Waals surface area contributed by atoms with Crippen molar-refractivity contribution in [2.24, 2.45) is 5.92 Å². The first-order valence-corrected chi connectivity index (χ1v) is 11.4. The first-order valence-electron chi connectivity index (χ1n) is 11.4. The van der Waals surface area contributed by atoms with Crippen LogP contribution in [-0.4, -0.2) is 40.1 Å². The number of ether oxygens (including phenoxy) is 4. The molecule has 35 heavy (non-hydrogen) atoms. The lowest BCUT2D eigenvalue weighted by atomic mass is 9.71. The van der Waals surface area contributed by atoms with Crippen molar-refractivity contribution in [3.05, 3.63) is 65.5 Å². The number of nitrogens with one attached hydrogen (secondary N) is 2. The molecule has 8 nitrogen and oxygen atoms in total. The van der Waals surface area contributed by atoms with E-state index in [2.05, 4.69) is 17.2 Å². The highest BCUT2D eigenvalue weighted by molar-refractivity contribution is 6.03. The van der Waals surface area contributed by atoms with E-state index in [-0.39, 0.29) is 11.7 Å². The highest BCUT2D eigenvalue weighted by Crippen LogP contribution is 2.48. The van der Waals surface area contributed by atoms with Gasteiger partial charge in [-0.1, -0.05) is 18.7 Å². The normalized spacial score (nSPS) is 19.4. The fraction of sp³-hybridized carbons (Fsp3) is 0.333. The fourth-order valence-corrected chi connectivity index (χ4v) is 4.90. The van der Waals surface area contributed by atoms with Gasteiger partial charge in [-0.25, -0.2) is 0 Å². The Morgan fingerprint density at radius 3 is 2.26 bits per heavy atom. The third kappa shape index (κ3) is 4.43.